The van der Waals surface area contributed by atoms with E-state index in [1.54, 1.807) is 6.92 Å². The van der Waals surface area contributed by atoms with E-state index < -0.39 is 0 Å². The van der Waals surface area contributed by atoms with Crippen LogP contribution >= 0.6 is 0 Å². The van der Waals surface area contributed by atoms with Gasteiger partial charge in [-0.2, -0.15) is 0 Å². The summed E-state index contributed by atoms with van der Waals surface area (Å²) in [4.78, 5) is 11.5. The highest BCUT2D eigenvalue weighted by molar-refractivity contribution is 5.66. The van der Waals surface area contributed by atoms with Crippen molar-refractivity contribution in [2.24, 2.45) is 64.1 Å². The third-order valence-corrected chi connectivity index (χ3v) is 11.8. The average molecular weight is 471 g/mol. The molecule has 4 saturated carbocycles. The zero-order valence-corrected chi connectivity index (χ0v) is 23.6. The number of carbonyl (C=O) groups excluding carboxylic acids is 1. The van der Waals surface area contributed by atoms with Crippen molar-refractivity contribution in [1.29, 1.82) is 0 Å². The Hall–Kier alpha value is -0.790. The van der Waals surface area contributed by atoms with Crippen LogP contribution in [0.3, 0.4) is 0 Å². The fraction of sp³-hybridized carbons (Fsp3) is 0.906. The molecule has 0 amide bonds. The Balaban J connectivity index is 1.46. The molecule has 0 aromatic rings. The number of esters is 1. The molecule has 2 heteroatoms. The fourth-order valence-electron chi connectivity index (χ4n) is 10.1. The Kier molecular flexibility index (Phi) is 7.67. The van der Waals surface area contributed by atoms with Crippen molar-refractivity contribution in [2.75, 3.05) is 0 Å². The van der Waals surface area contributed by atoms with E-state index in [9.17, 15) is 4.79 Å². The molecule has 4 aliphatic carbocycles. The van der Waals surface area contributed by atoms with Gasteiger partial charge in [-0.25, -0.2) is 0 Å². The Morgan fingerprint density at radius 1 is 0.824 bits per heavy atom. The lowest BCUT2D eigenvalue weighted by molar-refractivity contribution is -0.160. The number of hydrogen-bond donors (Lipinski definition) is 0. The van der Waals surface area contributed by atoms with Gasteiger partial charge < -0.3 is 4.74 Å². The van der Waals surface area contributed by atoms with Crippen molar-refractivity contribution in [2.45, 2.75) is 119 Å². The van der Waals surface area contributed by atoms with Crippen molar-refractivity contribution in [3.05, 3.63) is 12.2 Å². The summed E-state index contributed by atoms with van der Waals surface area (Å²) < 4.78 is 5.67. The van der Waals surface area contributed by atoms with E-state index in [1.165, 1.54) is 44.9 Å². The van der Waals surface area contributed by atoms with Crippen LogP contribution in [0.15, 0.2) is 12.2 Å². The molecule has 4 fully saturated rings. The maximum Gasteiger partial charge on any atom is 0.302 e. The average Bonchev–Trinajstić information content (AvgIpc) is 3.10. The highest BCUT2D eigenvalue weighted by atomic mass is 16.5. The van der Waals surface area contributed by atoms with Gasteiger partial charge in [-0.05, 0) is 122 Å². The maximum atomic E-state index is 11.5. The zero-order valence-electron chi connectivity index (χ0n) is 23.6. The van der Waals surface area contributed by atoms with Gasteiger partial charge >= 0.3 is 5.97 Å². The summed E-state index contributed by atoms with van der Waals surface area (Å²) in [7, 11) is 0. The van der Waals surface area contributed by atoms with E-state index in [2.05, 4.69) is 60.6 Å². The molecule has 0 saturated heterocycles. The largest absolute Gasteiger partial charge is 0.463 e. The van der Waals surface area contributed by atoms with Gasteiger partial charge in [-0.3, -0.25) is 4.79 Å². The highest BCUT2D eigenvalue weighted by Crippen LogP contribution is 2.68. The van der Waals surface area contributed by atoms with Crippen LogP contribution < -0.4 is 0 Å². The van der Waals surface area contributed by atoms with E-state index >= 15 is 0 Å². The van der Waals surface area contributed by atoms with Crippen LogP contribution in [-0.4, -0.2) is 12.1 Å². The van der Waals surface area contributed by atoms with E-state index in [1.807, 2.05) is 0 Å². The Bertz CT molecular complexity index is 744. The Morgan fingerprint density at radius 3 is 2.12 bits per heavy atom. The molecule has 0 radical (unpaired) electrons. The third kappa shape index (κ3) is 4.66. The van der Waals surface area contributed by atoms with Gasteiger partial charge in [0.25, 0.3) is 0 Å². The normalized spacial score (nSPS) is 43.1. The molecular weight excluding hydrogens is 416 g/mol. The number of carbonyl (C=O) groups is 1. The molecule has 0 N–H and O–H groups in total. The minimum absolute atomic E-state index is 0.0935. The van der Waals surface area contributed by atoms with Gasteiger partial charge in [0.05, 0.1) is 0 Å². The fourth-order valence-corrected chi connectivity index (χ4v) is 10.1. The van der Waals surface area contributed by atoms with Crippen molar-refractivity contribution in [1.82, 2.24) is 0 Å². The number of fused-ring (bicyclic) bond motifs is 5. The first-order valence-corrected chi connectivity index (χ1v) is 14.8. The Labute approximate surface area is 211 Å². The predicted octanol–water partition coefficient (Wildman–Crippen LogP) is 8.70. The Morgan fingerprint density at radius 2 is 1.47 bits per heavy atom. The minimum atomic E-state index is -0.0935. The molecule has 0 aliphatic heterocycles. The molecule has 0 aromatic heterocycles. The molecule has 4 aliphatic rings. The smallest absolute Gasteiger partial charge is 0.302 e. The molecule has 4 rings (SSSR count). The molecular formula is C32H54O2. The topological polar surface area (TPSA) is 26.3 Å². The van der Waals surface area contributed by atoms with E-state index in [0.29, 0.717) is 22.7 Å². The zero-order chi connectivity index (χ0) is 24.8. The van der Waals surface area contributed by atoms with Crippen LogP contribution in [0.1, 0.15) is 113 Å². The lowest BCUT2D eigenvalue weighted by atomic mass is 9.44. The molecule has 0 bridgehead atoms. The van der Waals surface area contributed by atoms with Gasteiger partial charge in [-0.15, -0.1) is 0 Å². The first-order valence-electron chi connectivity index (χ1n) is 14.8. The highest BCUT2D eigenvalue weighted by Gasteiger charge is 2.60. The molecule has 34 heavy (non-hydrogen) atoms. The van der Waals surface area contributed by atoms with Gasteiger partial charge in [0.1, 0.15) is 6.10 Å². The summed E-state index contributed by atoms with van der Waals surface area (Å²) in [6.45, 7) is 18.9. The molecule has 2 nitrogen and oxygen atoms in total. The maximum absolute atomic E-state index is 11.5. The molecule has 0 spiro atoms. The second-order valence-electron chi connectivity index (χ2n) is 14.2. The van der Waals surface area contributed by atoms with Gasteiger partial charge in [0.15, 0.2) is 0 Å². The second kappa shape index (κ2) is 9.93. The van der Waals surface area contributed by atoms with E-state index in [-0.39, 0.29) is 12.1 Å². The van der Waals surface area contributed by atoms with Crippen LogP contribution in [0.5, 0.6) is 0 Å². The summed E-state index contributed by atoms with van der Waals surface area (Å²) >= 11 is 0. The number of rotatable bonds is 6. The van der Waals surface area contributed by atoms with Crippen molar-refractivity contribution < 1.29 is 9.53 Å². The summed E-state index contributed by atoms with van der Waals surface area (Å²) in [5.41, 5.74) is 0.987. The minimum Gasteiger partial charge on any atom is -0.463 e. The quantitative estimate of drug-likeness (QED) is 0.286. The summed E-state index contributed by atoms with van der Waals surface area (Å²) in [5.74, 6) is 7.06. The number of ether oxygens (including phenoxy) is 1. The predicted molar refractivity (Wildman–Crippen MR) is 142 cm³/mol. The standard InChI is InChI=1S/C32H54O2/c1-20(2)26(21(3)4)11-9-22(5)28-13-14-29-27-12-10-24-19-25(34-23(6)33)15-17-31(24,7)30(27)16-18-32(28,29)8/h9,11,20-22,24-30H,10,12-19H2,1-8H3/b11-9+/t22-,24+,25+,27+,28-,29+,30+,31+,32-/m1/s1. The number of hydrogen-bond acceptors (Lipinski definition) is 2. The van der Waals surface area contributed by atoms with Crippen molar-refractivity contribution in [3.63, 3.8) is 0 Å². The monoisotopic (exact) mass is 470 g/mol. The second-order valence-corrected chi connectivity index (χ2v) is 14.2. The molecule has 9 atom stereocenters. The van der Waals surface area contributed by atoms with Crippen LogP contribution in [0.25, 0.3) is 0 Å². The first kappa shape index (κ1) is 26.3. The van der Waals surface area contributed by atoms with Gasteiger partial charge in [-0.1, -0.05) is 60.6 Å². The molecule has 0 unspecified atom stereocenters. The van der Waals surface area contributed by atoms with Crippen LogP contribution in [0.2, 0.25) is 0 Å². The summed E-state index contributed by atoms with van der Waals surface area (Å²) in [6.07, 6.45) is 17.3. The lowest BCUT2D eigenvalue weighted by Crippen LogP contribution is -2.54. The van der Waals surface area contributed by atoms with Crippen molar-refractivity contribution >= 4 is 5.97 Å². The molecule has 0 aromatic carbocycles. The molecule has 0 heterocycles. The van der Waals surface area contributed by atoms with Crippen molar-refractivity contribution in [3.8, 4) is 0 Å². The van der Waals surface area contributed by atoms with Gasteiger partial charge in [0.2, 0.25) is 0 Å². The first-order chi connectivity index (χ1) is 16.0. The van der Waals surface area contributed by atoms with Crippen LogP contribution in [0.4, 0.5) is 0 Å². The van der Waals surface area contributed by atoms with Gasteiger partial charge in [0, 0.05) is 6.92 Å². The van der Waals surface area contributed by atoms with E-state index in [4.69, 9.17) is 4.74 Å². The van der Waals surface area contributed by atoms with Crippen LogP contribution in [-0.2, 0) is 9.53 Å². The lowest BCUT2D eigenvalue weighted by Gasteiger charge is -2.61. The van der Waals surface area contributed by atoms with Crippen LogP contribution in [0, 0.1) is 64.1 Å². The molecule has 194 valence electrons. The summed E-state index contributed by atoms with van der Waals surface area (Å²) in [5, 5.41) is 0. The summed E-state index contributed by atoms with van der Waals surface area (Å²) in [6, 6.07) is 0. The number of allylic oxidation sites excluding steroid dienone is 2. The van der Waals surface area contributed by atoms with E-state index in [0.717, 1.165) is 54.3 Å². The third-order valence-electron chi connectivity index (χ3n) is 11.8. The SMILES string of the molecule is CC(=O)O[C@H]1CC[C@@]2(C)[C@@H](CC[C@@H]3[C@@H]2CC[C@]2(C)[C@@H]([C@H](C)/C=C/C(C(C)C)C(C)C)CC[C@@H]32)C1.